The molecule has 0 spiro atoms. The number of aliphatic hydroxyl groups excluding tert-OH is 1. The van der Waals surface area contributed by atoms with E-state index in [9.17, 15) is 37.1 Å². The Balaban J connectivity index is 1.20. The fourth-order valence-corrected chi connectivity index (χ4v) is 5.61. The third kappa shape index (κ3) is 7.06. The number of carbonyl (C=O) groups is 3. The first kappa shape index (κ1) is 33.0. The smallest absolute Gasteiger partial charge is 0.387 e. The second-order valence-corrected chi connectivity index (χ2v) is 11.3. The van der Waals surface area contributed by atoms with E-state index in [1.807, 2.05) is 0 Å². The van der Waals surface area contributed by atoms with Gasteiger partial charge < -0.3 is 29.9 Å². The molecule has 2 aliphatic heterocycles. The van der Waals surface area contributed by atoms with Crippen LogP contribution in [0.1, 0.15) is 33.8 Å². The van der Waals surface area contributed by atoms with Crippen LogP contribution in [0.4, 0.5) is 23.2 Å². The fourth-order valence-electron chi connectivity index (χ4n) is 5.35. The second-order valence-electron chi connectivity index (χ2n) is 10.9. The Morgan fingerprint density at radius 2 is 1.89 bits per heavy atom. The Bertz CT molecular complexity index is 1680. The van der Waals surface area contributed by atoms with Crippen molar-refractivity contribution in [1.82, 2.24) is 19.8 Å². The summed E-state index contributed by atoms with van der Waals surface area (Å²) in [5, 5.41) is 15.5. The number of amides is 3. The molecule has 3 heterocycles. The van der Waals surface area contributed by atoms with E-state index in [-0.39, 0.29) is 57.0 Å². The maximum Gasteiger partial charge on any atom is 0.387 e. The summed E-state index contributed by atoms with van der Waals surface area (Å²) in [4.78, 5) is 48.3. The normalized spacial score (nSPS) is 18.8. The first-order valence-corrected chi connectivity index (χ1v) is 14.6. The third-order valence-electron chi connectivity index (χ3n) is 7.94. The molecule has 3 amide bonds. The van der Waals surface area contributed by atoms with Crippen LogP contribution in [0.3, 0.4) is 0 Å². The highest BCUT2D eigenvalue weighted by Gasteiger charge is 2.30. The highest BCUT2D eigenvalue weighted by molar-refractivity contribution is 6.34. The average molecular weight is 665 g/mol. The molecule has 3 aromatic rings. The molecule has 46 heavy (non-hydrogen) atoms. The van der Waals surface area contributed by atoms with Gasteiger partial charge in [0.25, 0.3) is 11.8 Å². The van der Waals surface area contributed by atoms with Crippen molar-refractivity contribution in [2.45, 2.75) is 25.6 Å². The van der Waals surface area contributed by atoms with Crippen LogP contribution in [0.15, 0.2) is 41.5 Å². The zero-order valence-electron chi connectivity index (χ0n) is 24.4. The average Bonchev–Trinajstić information content (AvgIpc) is 3.62. The van der Waals surface area contributed by atoms with E-state index in [0.717, 1.165) is 18.3 Å². The van der Waals surface area contributed by atoms with Gasteiger partial charge in [-0.15, -0.1) is 0 Å². The number of aromatic nitrogens is 2. The fraction of sp³-hybridized carbons (Fsp3) is 0.367. The predicted octanol–water partition coefficient (Wildman–Crippen LogP) is 3.90. The van der Waals surface area contributed by atoms with Crippen molar-refractivity contribution < 1.29 is 41.8 Å². The van der Waals surface area contributed by atoms with Crippen LogP contribution >= 0.6 is 11.6 Å². The molecule has 0 radical (unpaired) electrons. The molecule has 5 rings (SSSR count). The summed E-state index contributed by atoms with van der Waals surface area (Å²) >= 11 is 6.41. The Kier molecular flexibility index (Phi) is 10.0. The number of halogens is 5. The summed E-state index contributed by atoms with van der Waals surface area (Å²) in [6.07, 6.45) is 2.89. The van der Waals surface area contributed by atoms with Crippen LogP contribution in [0.5, 0.6) is 5.75 Å². The summed E-state index contributed by atoms with van der Waals surface area (Å²) in [6, 6.07) is 6.17. The zero-order chi connectivity index (χ0) is 33.1. The van der Waals surface area contributed by atoms with Gasteiger partial charge in [-0.1, -0.05) is 11.6 Å². The number of aliphatic hydroxyl groups is 1. The van der Waals surface area contributed by atoms with Gasteiger partial charge in [-0.3, -0.25) is 14.4 Å². The van der Waals surface area contributed by atoms with Crippen molar-refractivity contribution in [2.24, 2.45) is 23.9 Å². The number of nitrogens with one attached hydrogen (secondary N) is 2. The van der Waals surface area contributed by atoms with Crippen LogP contribution in [0, 0.1) is 23.5 Å². The summed E-state index contributed by atoms with van der Waals surface area (Å²) in [5.74, 6) is -6.11. The quantitative estimate of drug-likeness (QED) is 0.245. The molecule has 0 aliphatic carbocycles. The summed E-state index contributed by atoms with van der Waals surface area (Å²) < 4.78 is 59.0. The van der Waals surface area contributed by atoms with Gasteiger partial charge in [0.2, 0.25) is 11.7 Å². The van der Waals surface area contributed by atoms with Gasteiger partial charge in [-0.05, 0) is 43.2 Å². The lowest BCUT2D eigenvalue weighted by Crippen LogP contribution is -2.40. The molecular weight excluding hydrogens is 636 g/mol. The molecule has 2 aliphatic rings. The maximum atomic E-state index is 14.7. The highest BCUT2D eigenvalue weighted by Crippen LogP contribution is 2.31. The van der Waals surface area contributed by atoms with Gasteiger partial charge in [0, 0.05) is 62.5 Å². The topological polar surface area (TPSA) is 138 Å². The molecule has 2 fully saturated rings. The largest absolute Gasteiger partial charge is 0.432 e. The number of alkyl halides is 2. The number of aliphatic imine (C=N–C) groups is 1. The van der Waals surface area contributed by atoms with Crippen molar-refractivity contribution >= 4 is 41.2 Å². The Morgan fingerprint density at radius 3 is 2.54 bits per heavy atom. The molecule has 2 atom stereocenters. The molecule has 3 N–H and O–H groups in total. The predicted molar refractivity (Wildman–Crippen MR) is 159 cm³/mol. The highest BCUT2D eigenvalue weighted by atomic mass is 35.5. The SMILES string of the molecule is Cn1c(-c2ccc(OC(F)F)c(F)c2F)cnc1C(=O)Nc1ccc(C(=O)N2CCC(C(=O)/N=C\C3CNC[C@H]3O)CC2)c(Cl)c1. The molecule has 2 saturated heterocycles. The van der Waals surface area contributed by atoms with E-state index in [4.69, 9.17) is 11.6 Å². The lowest BCUT2D eigenvalue weighted by molar-refractivity contribution is -0.122. The summed E-state index contributed by atoms with van der Waals surface area (Å²) in [7, 11) is 1.38. The third-order valence-corrected chi connectivity index (χ3v) is 8.25. The minimum absolute atomic E-state index is 0.00805. The first-order valence-electron chi connectivity index (χ1n) is 14.3. The number of ether oxygens (including phenoxy) is 1. The van der Waals surface area contributed by atoms with Gasteiger partial charge in [-0.25, -0.2) is 14.4 Å². The number of anilines is 1. The monoisotopic (exact) mass is 664 g/mol. The number of benzene rings is 2. The van der Waals surface area contributed by atoms with Gasteiger partial charge in [0.1, 0.15) is 0 Å². The van der Waals surface area contributed by atoms with Crippen molar-refractivity contribution in [3.05, 3.63) is 64.6 Å². The van der Waals surface area contributed by atoms with Crippen molar-refractivity contribution in [3.8, 4) is 17.0 Å². The number of likely N-dealkylation sites (tertiary alicyclic amines) is 1. The molecule has 1 aromatic heterocycles. The Hall–Kier alpha value is -4.34. The van der Waals surface area contributed by atoms with Crippen LogP contribution in [-0.4, -0.2) is 82.4 Å². The lowest BCUT2D eigenvalue weighted by Gasteiger charge is -2.31. The first-order chi connectivity index (χ1) is 21.9. The second kappa shape index (κ2) is 14.0. The van der Waals surface area contributed by atoms with Crippen molar-refractivity contribution in [1.29, 1.82) is 0 Å². The van der Waals surface area contributed by atoms with E-state index in [2.05, 4.69) is 25.3 Å². The molecule has 16 heteroatoms. The molecule has 244 valence electrons. The van der Waals surface area contributed by atoms with Crippen LogP contribution < -0.4 is 15.4 Å². The summed E-state index contributed by atoms with van der Waals surface area (Å²) in [6.45, 7) is -1.69. The number of piperidine rings is 1. The lowest BCUT2D eigenvalue weighted by atomic mass is 9.95. The Morgan fingerprint density at radius 1 is 1.15 bits per heavy atom. The number of β-amino-alcohol motifs (C(OH)–C–C–N with tert-alkyl or cyclic N) is 1. The maximum absolute atomic E-state index is 14.7. The van der Waals surface area contributed by atoms with Crippen LogP contribution in [0.25, 0.3) is 11.3 Å². The molecule has 0 bridgehead atoms. The van der Waals surface area contributed by atoms with E-state index in [1.54, 1.807) is 4.90 Å². The molecule has 1 unspecified atom stereocenters. The number of carbonyl (C=O) groups excluding carboxylic acids is 3. The number of hydrogen-bond donors (Lipinski definition) is 3. The number of nitrogens with zero attached hydrogens (tertiary/aromatic N) is 4. The van der Waals surface area contributed by atoms with Gasteiger partial charge in [0.15, 0.2) is 17.4 Å². The molecule has 11 nitrogen and oxygen atoms in total. The van der Waals surface area contributed by atoms with E-state index >= 15 is 0 Å². The number of hydrogen-bond acceptors (Lipinski definition) is 7. The van der Waals surface area contributed by atoms with E-state index in [1.165, 1.54) is 36.0 Å². The molecule has 0 saturated carbocycles. The Labute approximate surface area is 265 Å². The minimum Gasteiger partial charge on any atom is -0.432 e. The number of imidazole rings is 1. The van der Waals surface area contributed by atoms with Gasteiger partial charge in [-0.2, -0.15) is 13.2 Å². The van der Waals surface area contributed by atoms with Crippen LogP contribution in [-0.2, 0) is 11.8 Å². The van der Waals surface area contributed by atoms with Crippen molar-refractivity contribution in [2.75, 3.05) is 31.5 Å². The molecule has 2 aromatic carbocycles. The summed E-state index contributed by atoms with van der Waals surface area (Å²) in [5.41, 5.74) is 0.0841. The number of rotatable bonds is 8. The zero-order valence-corrected chi connectivity index (χ0v) is 25.1. The van der Waals surface area contributed by atoms with Crippen LogP contribution in [0.2, 0.25) is 5.02 Å². The van der Waals surface area contributed by atoms with Gasteiger partial charge >= 0.3 is 6.61 Å². The molecular formula is C30H29ClF4N6O5. The van der Waals surface area contributed by atoms with E-state index < -0.39 is 36.0 Å². The standard InChI is InChI=1S/C30H29ClF4N6O5/c1-40-21(19-4-5-23(46-30(34)35)25(33)24(19)32)13-37-26(40)28(44)39-17-2-3-18(20(31)10-17)29(45)41-8-6-15(7-9-41)27(43)38-12-16-11-36-14-22(16)42/h2-5,10,12-13,15-16,22,30,36,42H,6-9,11,14H2,1H3,(H,39,44)/b38-12-/t16?,22-/m1/s1. The van der Waals surface area contributed by atoms with Crippen molar-refractivity contribution in [3.63, 3.8) is 0 Å². The van der Waals surface area contributed by atoms with Gasteiger partial charge in [0.05, 0.1) is 28.6 Å². The van der Waals surface area contributed by atoms with E-state index in [0.29, 0.717) is 39.0 Å². The minimum atomic E-state index is -3.34.